The fourth-order valence-electron chi connectivity index (χ4n) is 8.05. The van der Waals surface area contributed by atoms with Crippen LogP contribution in [0.4, 0.5) is 0 Å². The Kier molecular flexibility index (Phi) is 7.70. The first-order valence-electron chi connectivity index (χ1n) is 14.1. The molecule has 0 N–H and O–H groups in total. The first kappa shape index (κ1) is 25.2. The summed E-state index contributed by atoms with van der Waals surface area (Å²) in [5.41, 5.74) is 8.00. The van der Waals surface area contributed by atoms with Gasteiger partial charge in [0, 0.05) is 12.3 Å². The lowest BCUT2D eigenvalue weighted by Gasteiger charge is -2.53. The maximum Gasteiger partial charge on any atom is 0.156 e. The smallest absolute Gasteiger partial charge is 0.156 e. The zero-order chi connectivity index (χ0) is 24.5. The molecule has 4 aliphatic rings. The summed E-state index contributed by atoms with van der Waals surface area (Å²) in [6, 6.07) is 9.48. The maximum absolute atomic E-state index is 12.2. The third-order valence-electron chi connectivity index (χ3n) is 9.78. The summed E-state index contributed by atoms with van der Waals surface area (Å²) in [5.74, 6) is 3.66. The van der Waals surface area contributed by atoms with E-state index in [1.165, 1.54) is 55.2 Å². The summed E-state index contributed by atoms with van der Waals surface area (Å²) < 4.78 is 0. The summed E-state index contributed by atoms with van der Waals surface area (Å²) in [6.45, 7) is 15.2. The normalized spacial score (nSPS) is 33.1. The second kappa shape index (κ2) is 10.4. The number of hydrogen-bond acceptors (Lipinski definition) is 1. The Balaban J connectivity index is 0.00000133. The molecule has 6 atom stereocenters. The van der Waals surface area contributed by atoms with Crippen LogP contribution in [0.2, 0.25) is 0 Å². The van der Waals surface area contributed by atoms with Crippen molar-refractivity contribution >= 4 is 5.78 Å². The summed E-state index contributed by atoms with van der Waals surface area (Å²) in [7, 11) is 0. The molecule has 0 heterocycles. The van der Waals surface area contributed by atoms with Crippen LogP contribution in [0.1, 0.15) is 115 Å². The molecule has 5 rings (SSSR count). The van der Waals surface area contributed by atoms with Crippen LogP contribution < -0.4 is 0 Å². The van der Waals surface area contributed by atoms with Gasteiger partial charge in [-0.25, -0.2) is 0 Å². The Morgan fingerprint density at radius 2 is 1.82 bits per heavy atom. The molecule has 34 heavy (non-hydrogen) atoms. The van der Waals surface area contributed by atoms with Crippen LogP contribution >= 0.6 is 0 Å². The van der Waals surface area contributed by atoms with E-state index in [-0.39, 0.29) is 0 Å². The predicted molar refractivity (Wildman–Crippen MR) is 145 cm³/mol. The van der Waals surface area contributed by atoms with Gasteiger partial charge in [0.15, 0.2) is 5.78 Å². The number of carbonyl (C=O) groups excluding carboxylic acids is 1. The van der Waals surface area contributed by atoms with Crippen molar-refractivity contribution in [2.24, 2.45) is 23.2 Å². The summed E-state index contributed by atoms with van der Waals surface area (Å²) in [6.07, 6.45) is 14.9. The van der Waals surface area contributed by atoms with Gasteiger partial charge >= 0.3 is 0 Å². The molecular formula is C33H46O. The first-order valence-corrected chi connectivity index (χ1v) is 14.1. The van der Waals surface area contributed by atoms with Crippen molar-refractivity contribution in [1.29, 1.82) is 0 Å². The van der Waals surface area contributed by atoms with E-state index in [9.17, 15) is 4.79 Å². The third kappa shape index (κ3) is 4.29. The number of ketones is 1. The third-order valence-corrected chi connectivity index (χ3v) is 9.78. The quantitative estimate of drug-likeness (QED) is 0.402. The molecule has 4 aliphatic carbocycles. The van der Waals surface area contributed by atoms with Gasteiger partial charge in [-0.3, -0.25) is 4.79 Å². The molecular weight excluding hydrogens is 412 g/mol. The van der Waals surface area contributed by atoms with Crippen LogP contribution in [0.25, 0.3) is 0 Å². The minimum absolute atomic E-state index is 0.339. The van der Waals surface area contributed by atoms with Crippen molar-refractivity contribution in [2.75, 3.05) is 0 Å². The van der Waals surface area contributed by atoms with E-state index in [4.69, 9.17) is 0 Å². The molecule has 2 saturated carbocycles. The highest BCUT2D eigenvalue weighted by Crippen LogP contribution is 2.66. The minimum Gasteiger partial charge on any atom is -0.295 e. The summed E-state index contributed by atoms with van der Waals surface area (Å²) in [5, 5.41) is 0. The van der Waals surface area contributed by atoms with E-state index in [0.29, 0.717) is 35.4 Å². The number of benzene rings is 1. The molecule has 0 spiro atoms. The van der Waals surface area contributed by atoms with E-state index in [1.54, 1.807) is 11.1 Å². The van der Waals surface area contributed by atoms with Crippen molar-refractivity contribution in [1.82, 2.24) is 0 Å². The SMILES string of the molecule is C=CC(C)c1ccc(C2CC3(C)C(CCC)CCC3C3CCC4=CC(=O)CCC4=C23)cc1.CC. The Morgan fingerprint density at radius 3 is 2.50 bits per heavy atom. The molecule has 6 unspecified atom stereocenters. The molecule has 0 aromatic heterocycles. The summed E-state index contributed by atoms with van der Waals surface area (Å²) in [4.78, 5) is 12.2. The van der Waals surface area contributed by atoms with Gasteiger partial charge in [-0.05, 0) is 96.0 Å². The highest BCUT2D eigenvalue weighted by atomic mass is 16.1. The molecule has 0 saturated heterocycles. The van der Waals surface area contributed by atoms with E-state index >= 15 is 0 Å². The van der Waals surface area contributed by atoms with E-state index in [0.717, 1.165) is 24.7 Å². The van der Waals surface area contributed by atoms with Gasteiger partial charge < -0.3 is 0 Å². The van der Waals surface area contributed by atoms with Crippen molar-refractivity contribution in [3.8, 4) is 0 Å². The van der Waals surface area contributed by atoms with Crippen LogP contribution in [0.3, 0.4) is 0 Å². The van der Waals surface area contributed by atoms with Gasteiger partial charge in [0.1, 0.15) is 0 Å². The number of hydrogen-bond donors (Lipinski definition) is 0. The number of allylic oxidation sites excluding steroid dienone is 5. The highest BCUT2D eigenvalue weighted by Gasteiger charge is 2.56. The van der Waals surface area contributed by atoms with Gasteiger partial charge in [-0.2, -0.15) is 0 Å². The maximum atomic E-state index is 12.2. The molecule has 0 radical (unpaired) electrons. The lowest BCUT2D eigenvalue weighted by atomic mass is 9.51. The van der Waals surface area contributed by atoms with Gasteiger partial charge in [0.2, 0.25) is 0 Å². The van der Waals surface area contributed by atoms with Crippen LogP contribution in [0.5, 0.6) is 0 Å². The predicted octanol–water partition coefficient (Wildman–Crippen LogP) is 9.32. The molecule has 2 fully saturated rings. The van der Waals surface area contributed by atoms with Crippen LogP contribution in [-0.2, 0) is 4.79 Å². The number of carbonyl (C=O) groups is 1. The molecule has 1 aromatic rings. The van der Waals surface area contributed by atoms with Crippen LogP contribution in [0, 0.1) is 23.2 Å². The fraction of sp³-hybridized carbons (Fsp3) is 0.606. The van der Waals surface area contributed by atoms with Gasteiger partial charge in [-0.1, -0.05) is 83.4 Å². The zero-order valence-electron chi connectivity index (χ0n) is 22.3. The van der Waals surface area contributed by atoms with Gasteiger partial charge in [-0.15, -0.1) is 6.58 Å². The second-order valence-electron chi connectivity index (χ2n) is 11.3. The Bertz CT molecular complexity index is 961. The Hall–Kier alpha value is -1.89. The lowest BCUT2D eigenvalue weighted by Crippen LogP contribution is -2.43. The zero-order valence-corrected chi connectivity index (χ0v) is 22.3. The second-order valence-corrected chi connectivity index (χ2v) is 11.3. The largest absolute Gasteiger partial charge is 0.295 e. The molecule has 184 valence electrons. The molecule has 0 aliphatic heterocycles. The van der Waals surface area contributed by atoms with Gasteiger partial charge in [0.25, 0.3) is 0 Å². The van der Waals surface area contributed by atoms with Crippen LogP contribution in [-0.4, -0.2) is 5.78 Å². The lowest BCUT2D eigenvalue weighted by molar-refractivity contribution is -0.114. The molecule has 0 bridgehead atoms. The van der Waals surface area contributed by atoms with Crippen LogP contribution in [0.15, 0.2) is 59.7 Å². The number of rotatable bonds is 5. The van der Waals surface area contributed by atoms with E-state index < -0.39 is 0 Å². The fourth-order valence-corrected chi connectivity index (χ4v) is 8.05. The standard InChI is InChI=1S/C31H40O.C2H6/c1-5-7-24-13-17-29-27-15-12-23-18-25(32)14-16-26(23)30(27)28(19-31(24,29)4)22-10-8-21(9-11-22)20(3)6-2;1-2/h6,8-11,18,20,24,27-29H,2,5,7,12-17,19H2,1,3-4H3;1-2H3. The Morgan fingerprint density at radius 1 is 1.09 bits per heavy atom. The Labute approximate surface area is 208 Å². The molecule has 1 aromatic carbocycles. The first-order chi connectivity index (χ1) is 16.5. The molecule has 0 amide bonds. The van der Waals surface area contributed by atoms with Crippen molar-refractivity contribution < 1.29 is 4.79 Å². The topological polar surface area (TPSA) is 17.1 Å². The highest BCUT2D eigenvalue weighted by molar-refractivity contribution is 5.93. The number of fused-ring (bicyclic) bond motifs is 4. The van der Waals surface area contributed by atoms with E-state index in [2.05, 4.69) is 51.6 Å². The average molecular weight is 459 g/mol. The minimum atomic E-state index is 0.339. The van der Waals surface area contributed by atoms with Gasteiger partial charge in [0.05, 0.1) is 0 Å². The van der Waals surface area contributed by atoms with Crippen molar-refractivity contribution in [2.45, 2.75) is 104 Å². The average Bonchev–Trinajstić information content (AvgIpc) is 3.20. The van der Waals surface area contributed by atoms with E-state index in [1.807, 2.05) is 26.0 Å². The van der Waals surface area contributed by atoms with Crippen molar-refractivity contribution in [3.63, 3.8) is 0 Å². The molecule has 1 heteroatoms. The summed E-state index contributed by atoms with van der Waals surface area (Å²) >= 11 is 0. The van der Waals surface area contributed by atoms with Crippen molar-refractivity contribution in [3.05, 3.63) is 70.8 Å². The monoisotopic (exact) mass is 458 g/mol. The molecule has 1 nitrogen and oxygen atoms in total.